The molecule has 3 aromatic heterocycles. The van der Waals surface area contributed by atoms with Crippen molar-refractivity contribution in [3.63, 3.8) is 0 Å². The lowest BCUT2D eigenvalue weighted by atomic mass is 10.1. The van der Waals surface area contributed by atoms with Crippen LogP contribution < -0.4 is 5.32 Å². The van der Waals surface area contributed by atoms with Gasteiger partial charge >= 0.3 is 0 Å². The van der Waals surface area contributed by atoms with E-state index in [1.807, 2.05) is 24.4 Å². The minimum Gasteiger partial charge on any atom is -0.367 e. The first-order valence-corrected chi connectivity index (χ1v) is 8.38. The van der Waals surface area contributed by atoms with Crippen LogP contribution in [0.25, 0.3) is 22.5 Å². The van der Waals surface area contributed by atoms with Crippen LogP contribution in [0.5, 0.6) is 0 Å². The maximum Gasteiger partial charge on any atom is 0.127 e. The van der Waals surface area contributed by atoms with Gasteiger partial charge in [-0.3, -0.25) is 9.97 Å². The van der Waals surface area contributed by atoms with Crippen LogP contribution in [0.1, 0.15) is 12.8 Å². The summed E-state index contributed by atoms with van der Waals surface area (Å²) in [7, 11) is 0. The SMILES string of the molecule is Brc1cncc(-c2cc(NC3CC3)nc(-c3ccccn3)c2)c1. The number of hydrogen-bond donors (Lipinski definition) is 1. The van der Waals surface area contributed by atoms with Crippen molar-refractivity contribution in [2.75, 3.05) is 5.32 Å². The summed E-state index contributed by atoms with van der Waals surface area (Å²) in [6.07, 6.45) is 7.86. The van der Waals surface area contributed by atoms with Crippen LogP contribution in [-0.4, -0.2) is 21.0 Å². The van der Waals surface area contributed by atoms with Crippen LogP contribution in [0.15, 0.2) is 59.5 Å². The number of hydrogen-bond acceptors (Lipinski definition) is 4. The van der Waals surface area contributed by atoms with E-state index >= 15 is 0 Å². The molecule has 23 heavy (non-hydrogen) atoms. The third-order valence-corrected chi connectivity index (χ3v) is 4.15. The lowest BCUT2D eigenvalue weighted by Crippen LogP contribution is -2.04. The highest BCUT2D eigenvalue weighted by Gasteiger charge is 2.22. The van der Waals surface area contributed by atoms with Gasteiger partial charge in [0, 0.05) is 34.7 Å². The van der Waals surface area contributed by atoms with Gasteiger partial charge in [-0.2, -0.15) is 0 Å². The van der Waals surface area contributed by atoms with E-state index < -0.39 is 0 Å². The molecule has 114 valence electrons. The number of halogens is 1. The van der Waals surface area contributed by atoms with Crippen LogP contribution in [0, 0.1) is 0 Å². The van der Waals surface area contributed by atoms with Gasteiger partial charge in [-0.1, -0.05) is 6.07 Å². The van der Waals surface area contributed by atoms with Gasteiger partial charge in [-0.05, 0) is 64.7 Å². The molecule has 4 nitrogen and oxygen atoms in total. The molecule has 0 bridgehead atoms. The lowest BCUT2D eigenvalue weighted by molar-refractivity contribution is 1.11. The predicted octanol–water partition coefficient (Wildman–Crippen LogP) is 4.54. The number of nitrogens with zero attached hydrogens (tertiary/aromatic N) is 3. The van der Waals surface area contributed by atoms with Crippen LogP contribution in [0.2, 0.25) is 0 Å². The van der Waals surface area contributed by atoms with Crippen molar-refractivity contribution in [3.05, 3.63) is 59.5 Å². The summed E-state index contributed by atoms with van der Waals surface area (Å²) in [4.78, 5) is 13.4. The highest BCUT2D eigenvalue weighted by molar-refractivity contribution is 9.10. The Balaban J connectivity index is 1.81. The number of aromatic nitrogens is 3. The molecule has 0 radical (unpaired) electrons. The maximum absolute atomic E-state index is 4.73. The van der Waals surface area contributed by atoms with Gasteiger partial charge in [0.05, 0.1) is 11.4 Å². The summed E-state index contributed by atoms with van der Waals surface area (Å²) in [6.45, 7) is 0. The van der Waals surface area contributed by atoms with Crippen molar-refractivity contribution in [2.45, 2.75) is 18.9 Å². The van der Waals surface area contributed by atoms with Crippen LogP contribution >= 0.6 is 15.9 Å². The Morgan fingerprint density at radius 3 is 2.65 bits per heavy atom. The molecule has 4 rings (SSSR count). The van der Waals surface area contributed by atoms with Crippen molar-refractivity contribution < 1.29 is 0 Å². The Hall–Kier alpha value is -2.27. The standard InChI is InChI=1S/C18H15BrN4/c19-14-7-13(10-20-11-14)12-8-17(16-3-1-2-6-21-16)23-18(9-12)22-15-4-5-15/h1-3,6-11,15H,4-5H2,(H,22,23). The quantitative estimate of drug-likeness (QED) is 0.736. The van der Waals surface area contributed by atoms with Gasteiger partial charge in [-0.15, -0.1) is 0 Å². The Labute approximate surface area is 143 Å². The molecular formula is C18H15BrN4. The monoisotopic (exact) mass is 366 g/mol. The molecule has 1 saturated carbocycles. The van der Waals surface area contributed by atoms with Gasteiger partial charge in [-0.25, -0.2) is 4.98 Å². The Bertz CT molecular complexity index is 831. The normalized spacial score (nSPS) is 13.8. The molecule has 1 aliphatic rings. The van der Waals surface area contributed by atoms with Crippen molar-refractivity contribution in [1.82, 2.24) is 15.0 Å². The Kier molecular flexibility index (Phi) is 3.79. The molecule has 0 spiro atoms. The average molecular weight is 367 g/mol. The topological polar surface area (TPSA) is 50.7 Å². The molecule has 1 aliphatic carbocycles. The number of anilines is 1. The zero-order valence-electron chi connectivity index (χ0n) is 12.4. The second-order valence-corrected chi connectivity index (χ2v) is 6.57. The molecule has 3 aromatic rings. The van der Waals surface area contributed by atoms with Crippen LogP contribution in [-0.2, 0) is 0 Å². The van der Waals surface area contributed by atoms with E-state index in [1.165, 1.54) is 12.8 Å². The fourth-order valence-corrected chi connectivity index (χ4v) is 2.79. The van der Waals surface area contributed by atoms with Crippen molar-refractivity contribution in [2.24, 2.45) is 0 Å². The van der Waals surface area contributed by atoms with E-state index in [-0.39, 0.29) is 0 Å². The molecule has 1 fully saturated rings. The second-order valence-electron chi connectivity index (χ2n) is 5.65. The summed E-state index contributed by atoms with van der Waals surface area (Å²) in [5.74, 6) is 0.894. The molecular weight excluding hydrogens is 352 g/mol. The van der Waals surface area contributed by atoms with E-state index in [2.05, 4.69) is 49.4 Å². The third-order valence-electron chi connectivity index (χ3n) is 3.72. The third kappa shape index (κ3) is 3.40. The molecule has 0 amide bonds. The van der Waals surface area contributed by atoms with Crippen molar-refractivity contribution in [3.8, 4) is 22.5 Å². The minimum absolute atomic E-state index is 0.551. The zero-order chi connectivity index (χ0) is 15.6. The molecule has 3 heterocycles. The molecule has 0 atom stereocenters. The summed E-state index contributed by atoms with van der Waals surface area (Å²) >= 11 is 3.49. The fourth-order valence-electron chi connectivity index (χ4n) is 2.42. The van der Waals surface area contributed by atoms with E-state index in [9.17, 15) is 0 Å². The molecule has 1 N–H and O–H groups in total. The first-order valence-electron chi connectivity index (χ1n) is 7.59. The smallest absolute Gasteiger partial charge is 0.127 e. The number of rotatable bonds is 4. The lowest BCUT2D eigenvalue weighted by Gasteiger charge is -2.10. The van der Waals surface area contributed by atoms with Gasteiger partial charge in [0.2, 0.25) is 0 Å². The van der Waals surface area contributed by atoms with Gasteiger partial charge in [0.15, 0.2) is 0 Å². The first kappa shape index (κ1) is 14.3. The molecule has 0 unspecified atom stereocenters. The fraction of sp³-hybridized carbons (Fsp3) is 0.167. The molecule has 0 saturated heterocycles. The van der Waals surface area contributed by atoms with Crippen molar-refractivity contribution >= 4 is 21.7 Å². The van der Waals surface area contributed by atoms with Gasteiger partial charge < -0.3 is 5.32 Å². The van der Waals surface area contributed by atoms with E-state index in [4.69, 9.17) is 4.98 Å². The van der Waals surface area contributed by atoms with E-state index in [1.54, 1.807) is 12.4 Å². The molecule has 5 heteroatoms. The van der Waals surface area contributed by atoms with E-state index in [0.717, 1.165) is 32.8 Å². The van der Waals surface area contributed by atoms with Crippen LogP contribution in [0.4, 0.5) is 5.82 Å². The largest absolute Gasteiger partial charge is 0.367 e. The summed E-state index contributed by atoms with van der Waals surface area (Å²) in [5, 5.41) is 3.48. The second kappa shape index (κ2) is 6.08. The highest BCUT2D eigenvalue weighted by atomic mass is 79.9. The summed E-state index contributed by atoms with van der Waals surface area (Å²) in [5.41, 5.74) is 3.87. The number of pyridine rings is 3. The number of nitrogens with one attached hydrogen (secondary N) is 1. The van der Waals surface area contributed by atoms with Crippen LogP contribution in [0.3, 0.4) is 0 Å². The van der Waals surface area contributed by atoms with Crippen molar-refractivity contribution in [1.29, 1.82) is 0 Å². The summed E-state index contributed by atoms with van der Waals surface area (Å²) < 4.78 is 0.961. The first-order chi connectivity index (χ1) is 11.3. The molecule has 0 aliphatic heterocycles. The van der Waals surface area contributed by atoms with Gasteiger partial charge in [0.25, 0.3) is 0 Å². The molecule has 0 aromatic carbocycles. The Morgan fingerprint density at radius 2 is 1.91 bits per heavy atom. The zero-order valence-corrected chi connectivity index (χ0v) is 14.0. The van der Waals surface area contributed by atoms with E-state index in [0.29, 0.717) is 6.04 Å². The average Bonchev–Trinajstić information content (AvgIpc) is 3.39. The highest BCUT2D eigenvalue weighted by Crippen LogP contribution is 2.30. The maximum atomic E-state index is 4.73. The Morgan fingerprint density at radius 1 is 1.00 bits per heavy atom. The predicted molar refractivity (Wildman–Crippen MR) is 95.0 cm³/mol. The summed E-state index contributed by atoms with van der Waals surface area (Å²) in [6, 6.07) is 12.6. The minimum atomic E-state index is 0.551. The van der Waals surface area contributed by atoms with Gasteiger partial charge in [0.1, 0.15) is 5.82 Å².